The minimum absolute atomic E-state index is 0.0374. The van der Waals surface area contributed by atoms with Crippen LogP contribution in [0.4, 0.5) is 0 Å². The van der Waals surface area contributed by atoms with Crippen LogP contribution in [0, 0.1) is 0 Å². The van der Waals surface area contributed by atoms with Crippen LogP contribution in [0.1, 0.15) is 24.2 Å². The van der Waals surface area contributed by atoms with Gasteiger partial charge in [0.2, 0.25) is 16.8 Å². The Bertz CT molecular complexity index is 741. The van der Waals surface area contributed by atoms with E-state index >= 15 is 0 Å². The third kappa shape index (κ3) is 4.23. The molecule has 2 heterocycles. The van der Waals surface area contributed by atoms with Crippen LogP contribution in [0.25, 0.3) is 0 Å². The van der Waals surface area contributed by atoms with E-state index in [1.54, 1.807) is 18.2 Å². The fourth-order valence-corrected chi connectivity index (χ4v) is 4.41. The first-order valence-corrected chi connectivity index (χ1v) is 9.77. The summed E-state index contributed by atoms with van der Waals surface area (Å²) in [5, 5.41) is 2.64. The third-order valence-corrected chi connectivity index (χ3v) is 5.86. The summed E-state index contributed by atoms with van der Waals surface area (Å²) in [4.78, 5) is 12.2. The Kier molecular flexibility index (Phi) is 5.16. The van der Waals surface area contributed by atoms with E-state index in [0.717, 1.165) is 0 Å². The van der Waals surface area contributed by atoms with Gasteiger partial charge in [-0.1, -0.05) is 0 Å². The lowest BCUT2D eigenvalue weighted by Gasteiger charge is -2.34. The molecular weight excluding hydrogens is 348 g/mol. The zero-order valence-electron chi connectivity index (χ0n) is 14.2. The molecule has 9 heteroatoms. The molecule has 0 saturated carbocycles. The lowest BCUT2D eigenvalue weighted by atomic mass is 10.2. The number of carbonyl (C=O) groups is 1. The zero-order valence-corrected chi connectivity index (χ0v) is 15.0. The Balaban J connectivity index is 1.54. The first-order chi connectivity index (χ1) is 11.8. The Labute approximate surface area is 147 Å². The topological polar surface area (TPSA) is 94.2 Å². The molecule has 0 radical (unpaired) electrons. The molecule has 2 atom stereocenters. The summed E-state index contributed by atoms with van der Waals surface area (Å²) >= 11 is 0. The van der Waals surface area contributed by atoms with E-state index < -0.39 is 10.0 Å². The number of benzene rings is 1. The third-order valence-electron chi connectivity index (χ3n) is 4.06. The number of hydrogen-bond donors (Lipinski definition) is 1. The van der Waals surface area contributed by atoms with Crippen LogP contribution in [-0.2, 0) is 14.8 Å². The van der Waals surface area contributed by atoms with Gasteiger partial charge in [-0.3, -0.25) is 4.79 Å². The number of hydrogen-bond acceptors (Lipinski definition) is 6. The van der Waals surface area contributed by atoms with Crippen LogP contribution in [-0.4, -0.2) is 63.0 Å². The van der Waals surface area contributed by atoms with Gasteiger partial charge in [0.25, 0.3) is 5.91 Å². The number of amides is 1. The van der Waals surface area contributed by atoms with Crippen molar-refractivity contribution in [2.45, 2.75) is 26.1 Å². The summed E-state index contributed by atoms with van der Waals surface area (Å²) in [5.74, 6) is 0.603. The lowest BCUT2D eigenvalue weighted by molar-refractivity contribution is -0.0440. The first-order valence-electron chi connectivity index (χ1n) is 8.16. The van der Waals surface area contributed by atoms with Crippen molar-refractivity contribution in [1.29, 1.82) is 0 Å². The van der Waals surface area contributed by atoms with Crippen LogP contribution in [0.15, 0.2) is 18.2 Å². The smallest absolute Gasteiger partial charge is 0.251 e. The molecule has 0 spiro atoms. The van der Waals surface area contributed by atoms with Crippen molar-refractivity contribution in [2.24, 2.45) is 0 Å². The van der Waals surface area contributed by atoms with Crippen molar-refractivity contribution in [2.75, 3.05) is 32.2 Å². The van der Waals surface area contributed by atoms with Crippen LogP contribution in [0.3, 0.4) is 0 Å². The predicted molar refractivity (Wildman–Crippen MR) is 90.3 cm³/mol. The van der Waals surface area contributed by atoms with E-state index in [-0.39, 0.29) is 37.2 Å². The van der Waals surface area contributed by atoms with Crippen molar-refractivity contribution in [3.8, 4) is 11.5 Å². The fraction of sp³-hybridized carbons (Fsp3) is 0.562. The maximum Gasteiger partial charge on any atom is 0.251 e. The number of rotatable bonds is 5. The van der Waals surface area contributed by atoms with Crippen LogP contribution in [0.5, 0.6) is 11.5 Å². The highest BCUT2D eigenvalue weighted by Crippen LogP contribution is 2.32. The second-order valence-electron chi connectivity index (χ2n) is 6.21. The van der Waals surface area contributed by atoms with Crippen molar-refractivity contribution in [3.63, 3.8) is 0 Å². The molecule has 2 aliphatic heterocycles. The number of morpholine rings is 1. The Morgan fingerprint density at radius 1 is 1.20 bits per heavy atom. The highest BCUT2D eigenvalue weighted by Gasteiger charge is 2.30. The summed E-state index contributed by atoms with van der Waals surface area (Å²) in [6, 6.07) is 4.85. The average molecular weight is 370 g/mol. The molecule has 1 saturated heterocycles. The molecule has 0 unspecified atom stereocenters. The Morgan fingerprint density at radius 2 is 1.88 bits per heavy atom. The number of carbonyl (C=O) groups excluding carboxylic acids is 1. The molecular formula is C16H22N2O6S. The van der Waals surface area contributed by atoms with Crippen LogP contribution >= 0.6 is 0 Å². The summed E-state index contributed by atoms with van der Waals surface area (Å²) in [5.41, 5.74) is 0.398. The first kappa shape index (κ1) is 18.0. The van der Waals surface area contributed by atoms with E-state index in [1.807, 2.05) is 13.8 Å². The van der Waals surface area contributed by atoms with Crippen molar-refractivity contribution in [3.05, 3.63) is 23.8 Å². The highest BCUT2D eigenvalue weighted by atomic mass is 32.2. The predicted octanol–water partition coefficient (Wildman–Crippen LogP) is 0.584. The van der Waals surface area contributed by atoms with Crippen molar-refractivity contribution in [1.82, 2.24) is 9.62 Å². The van der Waals surface area contributed by atoms with Gasteiger partial charge >= 0.3 is 0 Å². The summed E-state index contributed by atoms with van der Waals surface area (Å²) in [7, 11) is -3.44. The molecule has 0 aliphatic carbocycles. The monoisotopic (exact) mass is 370 g/mol. The number of nitrogens with zero attached hydrogens (tertiary/aromatic N) is 1. The van der Waals surface area contributed by atoms with E-state index in [9.17, 15) is 13.2 Å². The Morgan fingerprint density at radius 3 is 2.60 bits per heavy atom. The molecule has 3 rings (SSSR count). The number of fused-ring (bicyclic) bond motifs is 1. The maximum atomic E-state index is 12.4. The second-order valence-corrected chi connectivity index (χ2v) is 8.30. The van der Waals surface area contributed by atoms with E-state index in [4.69, 9.17) is 14.2 Å². The van der Waals surface area contributed by atoms with Crippen molar-refractivity contribution < 1.29 is 27.4 Å². The van der Waals surface area contributed by atoms with Gasteiger partial charge in [-0.05, 0) is 32.0 Å². The van der Waals surface area contributed by atoms with E-state index in [2.05, 4.69) is 5.32 Å². The van der Waals surface area contributed by atoms with Gasteiger partial charge in [-0.25, -0.2) is 8.42 Å². The van der Waals surface area contributed by atoms with Crippen LogP contribution < -0.4 is 14.8 Å². The molecule has 0 aromatic heterocycles. The number of ether oxygens (including phenoxy) is 3. The molecule has 0 bridgehead atoms. The molecule has 1 fully saturated rings. The standard InChI is InChI=1S/C16H22N2O6S/c1-11-8-18(9-12(2)24-11)25(20,21)6-5-17-16(19)13-3-4-14-15(7-13)23-10-22-14/h3-4,7,11-12H,5-6,8-10H2,1-2H3,(H,17,19)/t11-,12-/m0/s1. The van der Waals surface area contributed by atoms with Gasteiger partial charge in [0.1, 0.15) is 0 Å². The molecule has 1 aromatic carbocycles. The SMILES string of the molecule is C[C@H]1CN(S(=O)(=O)CCNC(=O)c2ccc3c(c2)OCO3)C[C@H](C)O1. The summed E-state index contributed by atoms with van der Waals surface area (Å²) in [6.45, 7) is 4.54. The lowest BCUT2D eigenvalue weighted by Crippen LogP contribution is -2.49. The summed E-state index contributed by atoms with van der Waals surface area (Å²) < 4.78 is 42.3. The number of nitrogens with one attached hydrogen (secondary N) is 1. The number of sulfonamides is 1. The molecule has 1 aromatic rings. The summed E-state index contributed by atoms with van der Waals surface area (Å²) in [6.07, 6.45) is -0.275. The zero-order chi connectivity index (χ0) is 18.0. The Hall–Kier alpha value is -1.84. The molecule has 25 heavy (non-hydrogen) atoms. The highest BCUT2D eigenvalue weighted by molar-refractivity contribution is 7.89. The van der Waals surface area contributed by atoms with Crippen molar-refractivity contribution >= 4 is 15.9 Å². The van der Waals surface area contributed by atoms with Gasteiger partial charge in [-0.15, -0.1) is 0 Å². The molecule has 2 aliphatic rings. The minimum atomic E-state index is -3.44. The average Bonchev–Trinajstić information content (AvgIpc) is 3.01. The van der Waals surface area contributed by atoms with Gasteiger partial charge in [0.05, 0.1) is 18.0 Å². The maximum absolute atomic E-state index is 12.4. The quantitative estimate of drug-likeness (QED) is 0.815. The van der Waals surface area contributed by atoms with Crippen LogP contribution in [0.2, 0.25) is 0 Å². The van der Waals surface area contributed by atoms with Gasteiger partial charge in [-0.2, -0.15) is 4.31 Å². The molecule has 8 nitrogen and oxygen atoms in total. The molecule has 1 amide bonds. The van der Waals surface area contributed by atoms with Gasteiger partial charge in [0, 0.05) is 25.2 Å². The van der Waals surface area contributed by atoms with E-state index in [1.165, 1.54) is 4.31 Å². The van der Waals surface area contributed by atoms with Gasteiger partial charge in [0.15, 0.2) is 11.5 Å². The normalized spacial score (nSPS) is 23.4. The fourth-order valence-electron chi connectivity index (χ4n) is 2.92. The largest absolute Gasteiger partial charge is 0.454 e. The van der Waals surface area contributed by atoms with Gasteiger partial charge < -0.3 is 19.5 Å². The molecule has 138 valence electrons. The van der Waals surface area contributed by atoms with E-state index in [0.29, 0.717) is 30.2 Å². The molecule has 1 N–H and O–H groups in total. The minimum Gasteiger partial charge on any atom is -0.454 e. The second kappa shape index (κ2) is 7.19.